The van der Waals surface area contributed by atoms with Crippen molar-refractivity contribution in [1.82, 2.24) is 4.90 Å². The summed E-state index contributed by atoms with van der Waals surface area (Å²) in [5.74, 6) is 0.0813. The molecular weight excluding hydrogens is 242 g/mol. The number of hydrogen-bond donors (Lipinski definition) is 1. The highest BCUT2D eigenvalue weighted by Crippen LogP contribution is 2.30. The molecule has 1 heterocycles. The third-order valence-electron chi connectivity index (χ3n) is 3.50. The van der Waals surface area contributed by atoms with Crippen molar-refractivity contribution in [2.75, 3.05) is 24.3 Å². The average Bonchev–Trinajstić information content (AvgIpc) is 2.63. The van der Waals surface area contributed by atoms with Gasteiger partial charge in [-0.3, -0.25) is 4.79 Å². The smallest absolute Gasteiger partial charge is 0.321 e. The number of anilines is 2. The number of carbonyl (C=O) groups is 2. The Labute approximate surface area is 113 Å². The van der Waals surface area contributed by atoms with E-state index < -0.39 is 0 Å². The van der Waals surface area contributed by atoms with Crippen LogP contribution in [0.1, 0.15) is 19.4 Å². The van der Waals surface area contributed by atoms with Gasteiger partial charge in [0.25, 0.3) is 0 Å². The van der Waals surface area contributed by atoms with E-state index in [1.54, 1.807) is 23.9 Å². The predicted octanol–water partition coefficient (Wildman–Crippen LogP) is 2.08. The topological polar surface area (TPSA) is 52.7 Å². The molecule has 0 saturated heterocycles. The largest absolute Gasteiger partial charge is 0.325 e. The van der Waals surface area contributed by atoms with Crippen LogP contribution in [0.15, 0.2) is 18.2 Å². The van der Waals surface area contributed by atoms with Crippen molar-refractivity contribution in [1.29, 1.82) is 0 Å². The van der Waals surface area contributed by atoms with Crippen LogP contribution in [-0.4, -0.2) is 37.0 Å². The maximum atomic E-state index is 11.9. The Morgan fingerprint density at radius 1 is 1.42 bits per heavy atom. The van der Waals surface area contributed by atoms with E-state index in [2.05, 4.69) is 5.32 Å². The van der Waals surface area contributed by atoms with Gasteiger partial charge in [-0.05, 0) is 37.6 Å². The second-order valence-electron chi connectivity index (χ2n) is 5.11. The number of nitrogens with one attached hydrogen (secondary N) is 1. The molecule has 1 N–H and O–H groups in total. The summed E-state index contributed by atoms with van der Waals surface area (Å²) in [6.07, 6.45) is 0.398. The Balaban J connectivity index is 2.14. The molecule has 0 aromatic heterocycles. The first-order valence-electron chi connectivity index (χ1n) is 6.33. The van der Waals surface area contributed by atoms with Crippen molar-refractivity contribution in [3.05, 3.63) is 23.8 Å². The van der Waals surface area contributed by atoms with E-state index in [0.29, 0.717) is 6.42 Å². The van der Waals surface area contributed by atoms with E-state index in [1.165, 1.54) is 0 Å². The zero-order valence-electron chi connectivity index (χ0n) is 11.7. The monoisotopic (exact) mass is 261 g/mol. The summed E-state index contributed by atoms with van der Waals surface area (Å²) in [6.45, 7) is 3.91. The van der Waals surface area contributed by atoms with Crippen LogP contribution in [0.3, 0.4) is 0 Å². The molecule has 0 saturated carbocycles. The molecule has 0 spiro atoms. The molecule has 3 amide bonds. The van der Waals surface area contributed by atoms with Gasteiger partial charge in [0, 0.05) is 31.5 Å². The molecule has 0 radical (unpaired) electrons. The molecule has 2 rings (SSSR count). The van der Waals surface area contributed by atoms with Crippen LogP contribution in [0.5, 0.6) is 0 Å². The van der Waals surface area contributed by atoms with E-state index in [1.807, 2.05) is 32.0 Å². The minimum Gasteiger partial charge on any atom is -0.325 e. The number of likely N-dealkylation sites (N-methyl/N-ethyl adjacent to an activating group) is 1. The van der Waals surface area contributed by atoms with Crippen molar-refractivity contribution in [3.8, 4) is 0 Å². The molecular formula is C14H19N3O2. The highest BCUT2D eigenvalue weighted by atomic mass is 16.2. The Morgan fingerprint density at radius 3 is 2.74 bits per heavy atom. The standard InChI is InChI=1S/C14H19N3O2/c1-9(2)16(3)14(19)15-11-5-6-12-10(7-11)8-13(18)17(12)4/h5-7,9H,8H2,1-4H3,(H,15,19). The molecule has 0 aliphatic carbocycles. The Hall–Kier alpha value is -2.04. The lowest BCUT2D eigenvalue weighted by atomic mass is 10.1. The summed E-state index contributed by atoms with van der Waals surface area (Å²) in [5, 5.41) is 2.84. The molecule has 5 heteroatoms. The third-order valence-corrected chi connectivity index (χ3v) is 3.50. The van der Waals surface area contributed by atoms with Gasteiger partial charge in [0.1, 0.15) is 0 Å². The van der Waals surface area contributed by atoms with Crippen molar-refractivity contribution >= 4 is 23.3 Å². The molecule has 0 bridgehead atoms. The summed E-state index contributed by atoms with van der Waals surface area (Å²) in [7, 11) is 3.52. The molecule has 19 heavy (non-hydrogen) atoms. The van der Waals surface area contributed by atoms with E-state index in [0.717, 1.165) is 16.9 Å². The van der Waals surface area contributed by atoms with Crippen LogP contribution in [0.4, 0.5) is 16.2 Å². The van der Waals surface area contributed by atoms with Crippen LogP contribution in [0, 0.1) is 0 Å². The summed E-state index contributed by atoms with van der Waals surface area (Å²) in [4.78, 5) is 26.8. The van der Waals surface area contributed by atoms with Crippen LogP contribution < -0.4 is 10.2 Å². The number of urea groups is 1. The SMILES string of the molecule is CC(C)N(C)C(=O)Nc1ccc2c(c1)CC(=O)N2C. The second kappa shape index (κ2) is 4.91. The normalized spacial score (nSPS) is 13.7. The summed E-state index contributed by atoms with van der Waals surface area (Å²) in [6, 6.07) is 5.54. The van der Waals surface area contributed by atoms with Gasteiger partial charge in [0.2, 0.25) is 5.91 Å². The summed E-state index contributed by atoms with van der Waals surface area (Å²) >= 11 is 0. The number of carbonyl (C=O) groups excluding carboxylic acids is 2. The molecule has 1 aromatic carbocycles. The molecule has 1 aromatic rings. The van der Waals surface area contributed by atoms with Gasteiger partial charge in [-0.1, -0.05) is 0 Å². The number of amides is 3. The van der Waals surface area contributed by atoms with Gasteiger partial charge in [-0.25, -0.2) is 4.79 Å². The summed E-state index contributed by atoms with van der Waals surface area (Å²) in [5.41, 5.74) is 2.59. The molecule has 102 valence electrons. The molecule has 0 unspecified atom stereocenters. The van der Waals surface area contributed by atoms with E-state index in [4.69, 9.17) is 0 Å². The van der Waals surface area contributed by atoms with Gasteiger partial charge < -0.3 is 15.1 Å². The van der Waals surface area contributed by atoms with E-state index in [9.17, 15) is 9.59 Å². The van der Waals surface area contributed by atoms with Crippen LogP contribution in [-0.2, 0) is 11.2 Å². The molecule has 0 fully saturated rings. The van der Waals surface area contributed by atoms with Crippen molar-refractivity contribution in [2.45, 2.75) is 26.3 Å². The minimum atomic E-state index is -0.146. The van der Waals surface area contributed by atoms with Gasteiger partial charge in [-0.15, -0.1) is 0 Å². The van der Waals surface area contributed by atoms with Gasteiger partial charge in [0.15, 0.2) is 0 Å². The first kappa shape index (κ1) is 13.4. The molecule has 0 atom stereocenters. The number of hydrogen-bond acceptors (Lipinski definition) is 2. The number of fused-ring (bicyclic) bond motifs is 1. The lowest BCUT2D eigenvalue weighted by Crippen LogP contribution is -2.36. The van der Waals surface area contributed by atoms with Crippen molar-refractivity contribution in [2.24, 2.45) is 0 Å². The van der Waals surface area contributed by atoms with Gasteiger partial charge in [-0.2, -0.15) is 0 Å². The van der Waals surface area contributed by atoms with Gasteiger partial charge in [0.05, 0.1) is 6.42 Å². The van der Waals surface area contributed by atoms with Crippen molar-refractivity contribution < 1.29 is 9.59 Å². The fraction of sp³-hybridized carbons (Fsp3) is 0.429. The Morgan fingerprint density at radius 2 is 2.11 bits per heavy atom. The van der Waals surface area contributed by atoms with Gasteiger partial charge >= 0.3 is 6.03 Å². The summed E-state index contributed by atoms with van der Waals surface area (Å²) < 4.78 is 0. The fourth-order valence-corrected chi connectivity index (χ4v) is 1.99. The fourth-order valence-electron chi connectivity index (χ4n) is 1.99. The molecule has 1 aliphatic heterocycles. The van der Waals surface area contributed by atoms with Crippen molar-refractivity contribution in [3.63, 3.8) is 0 Å². The van der Waals surface area contributed by atoms with Crippen LogP contribution >= 0.6 is 0 Å². The minimum absolute atomic E-state index is 0.0813. The number of nitrogens with zero attached hydrogens (tertiary/aromatic N) is 2. The maximum absolute atomic E-state index is 11.9. The molecule has 5 nitrogen and oxygen atoms in total. The lowest BCUT2D eigenvalue weighted by Gasteiger charge is -2.22. The highest BCUT2D eigenvalue weighted by Gasteiger charge is 2.24. The zero-order chi connectivity index (χ0) is 14.2. The lowest BCUT2D eigenvalue weighted by molar-refractivity contribution is -0.117. The zero-order valence-corrected chi connectivity index (χ0v) is 11.7. The molecule has 1 aliphatic rings. The Kier molecular flexibility index (Phi) is 3.46. The van der Waals surface area contributed by atoms with Crippen LogP contribution in [0.2, 0.25) is 0 Å². The maximum Gasteiger partial charge on any atom is 0.321 e. The third kappa shape index (κ3) is 2.54. The quantitative estimate of drug-likeness (QED) is 0.886. The van der Waals surface area contributed by atoms with E-state index in [-0.39, 0.29) is 18.0 Å². The second-order valence-corrected chi connectivity index (χ2v) is 5.11. The average molecular weight is 261 g/mol. The first-order valence-corrected chi connectivity index (χ1v) is 6.33. The first-order chi connectivity index (χ1) is 8.90. The van der Waals surface area contributed by atoms with E-state index >= 15 is 0 Å². The Bertz CT molecular complexity index is 525. The number of rotatable bonds is 2. The predicted molar refractivity (Wildman–Crippen MR) is 75.5 cm³/mol. The van der Waals surface area contributed by atoms with Crippen LogP contribution in [0.25, 0.3) is 0 Å². The number of benzene rings is 1. The highest BCUT2D eigenvalue weighted by molar-refractivity contribution is 6.01.